The van der Waals surface area contributed by atoms with E-state index in [2.05, 4.69) is 112 Å². The summed E-state index contributed by atoms with van der Waals surface area (Å²) in [6, 6.07) is 16.8. The Labute approximate surface area is 668 Å². The van der Waals surface area contributed by atoms with Gasteiger partial charge in [-0.15, -0.1) is 0 Å². The summed E-state index contributed by atoms with van der Waals surface area (Å²) < 4.78 is 80.6. The van der Waals surface area contributed by atoms with E-state index >= 15 is 0 Å². The first-order valence-electron chi connectivity index (χ1n) is 38.9. The quantitative estimate of drug-likeness (QED) is 0.0115. The van der Waals surface area contributed by atoms with E-state index in [1.165, 1.54) is 13.8 Å². The maximum atomic E-state index is 13.3. The summed E-state index contributed by atoms with van der Waals surface area (Å²) in [6.07, 6.45) is 7.90. The molecule has 4 aromatic carbocycles. The topological polar surface area (TPSA) is 334 Å². The van der Waals surface area contributed by atoms with Crippen LogP contribution in [0.5, 0.6) is 23.0 Å². The molecule has 0 aromatic heterocycles. The summed E-state index contributed by atoms with van der Waals surface area (Å²) in [5, 5.41) is 0. The second kappa shape index (κ2) is 50.9. The molecule has 26 nitrogen and oxygen atoms in total. The lowest BCUT2D eigenvalue weighted by atomic mass is 9.87. The van der Waals surface area contributed by atoms with Crippen molar-refractivity contribution >= 4 is 71.3 Å². The molecule has 0 fully saturated rings. The first-order chi connectivity index (χ1) is 54.7. The SMILES string of the molecule is C=C(COC(=O)CC(C)=O)C(=O)OCCCc1cc2c(OCCCC)c(c1)Cc1cc(CCCOC(=O)C(=C)COC(=O)CC(=O)OC)cc(c1OCCCC)Cc1cc(CCCOC(=O)C(=C)COC(=O)CC(=O)OC)cc(c1OCCCC)Cc1cc(CCCOC(=O)C(=C)COC(=O)CC(C)=O)cc(c1OCCCC)C2. The second-order valence-electron chi connectivity index (χ2n) is 27.8. The molecular formula is C88H112O26. The summed E-state index contributed by atoms with van der Waals surface area (Å²) in [4.78, 5) is 149. The van der Waals surface area contributed by atoms with Crippen molar-refractivity contribution in [1.29, 1.82) is 0 Å². The Morgan fingerprint density at radius 2 is 0.482 bits per heavy atom. The van der Waals surface area contributed by atoms with Gasteiger partial charge in [-0.3, -0.25) is 38.4 Å². The Hall–Kier alpha value is -10.9. The van der Waals surface area contributed by atoms with Crippen LogP contribution in [-0.2, 0) is 156 Å². The molecular weight excluding hydrogens is 1470 g/mol. The average Bonchev–Trinajstić information content (AvgIpc) is 0.774. The molecule has 8 bridgehead atoms. The van der Waals surface area contributed by atoms with E-state index in [1.54, 1.807) is 0 Å². The van der Waals surface area contributed by atoms with Crippen LogP contribution >= 0.6 is 0 Å². The van der Waals surface area contributed by atoms with E-state index in [0.717, 1.165) is 107 Å². The lowest BCUT2D eigenvalue weighted by molar-refractivity contribution is -0.155. The van der Waals surface area contributed by atoms with Gasteiger partial charge >= 0.3 is 59.7 Å². The van der Waals surface area contributed by atoms with Crippen molar-refractivity contribution < 1.29 is 124 Å². The molecule has 0 atom stereocenters. The average molecular weight is 1590 g/mol. The molecule has 114 heavy (non-hydrogen) atoms. The zero-order valence-electron chi connectivity index (χ0n) is 67.5. The van der Waals surface area contributed by atoms with Crippen molar-refractivity contribution in [2.75, 3.05) is 93.5 Å². The third kappa shape index (κ3) is 33.8. The van der Waals surface area contributed by atoms with Gasteiger partial charge in [0, 0.05) is 25.7 Å². The zero-order valence-corrected chi connectivity index (χ0v) is 67.5. The van der Waals surface area contributed by atoms with Gasteiger partial charge in [0.05, 0.1) is 89.4 Å². The fraction of sp³-hybridized carbons (Fsp3) is 0.500. The van der Waals surface area contributed by atoms with Gasteiger partial charge in [0.1, 0.15) is 86.7 Å². The van der Waals surface area contributed by atoms with Crippen molar-refractivity contribution in [3.05, 3.63) is 164 Å². The molecule has 0 saturated carbocycles. The number of methoxy groups -OCH3 is 2. The molecule has 0 radical (unpaired) electrons. The van der Waals surface area contributed by atoms with Crippen molar-refractivity contribution in [2.45, 2.75) is 196 Å². The van der Waals surface area contributed by atoms with E-state index in [1.807, 2.05) is 0 Å². The van der Waals surface area contributed by atoms with Crippen LogP contribution in [0.4, 0.5) is 0 Å². The Kier molecular flexibility index (Phi) is 41.9. The number of aryl methyl sites for hydroxylation is 4. The van der Waals surface area contributed by atoms with E-state index in [4.69, 9.17) is 56.8 Å². The number of carbonyl (C=O) groups excluding carboxylic acids is 12. The molecule has 4 aromatic rings. The number of hydrogen-bond donors (Lipinski definition) is 0. The number of unbranched alkanes of at least 4 members (excludes halogenated alkanes) is 4. The summed E-state index contributed by atoms with van der Waals surface area (Å²) in [5.74, 6) is -6.39. The second-order valence-corrected chi connectivity index (χ2v) is 27.8. The molecule has 0 spiro atoms. The Morgan fingerprint density at radius 1 is 0.281 bits per heavy atom. The smallest absolute Gasteiger partial charge is 0.336 e. The summed E-state index contributed by atoms with van der Waals surface area (Å²) in [7, 11) is 2.27. The highest BCUT2D eigenvalue weighted by atomic mass is 16.6. The van der Waals surface area contributed by atoms with Gasteiger partial charge in [-0.2, -0.15) is 0 Å². The largest absolute Gasteiger partial charge is 0.493 e. The van der Waals surface area contributed by atoms with E-state index in [-0.39, 0.29) is 74.4 Å². The van der Waals surface area contributed by atoms with Crippen LogP contribution < -0.4 is 18.9 Å². The van der Waals surface area contributed by atoms with E-state index in [9.17, 15) is 57.5 Å². The number of ether oxygens (including phenoxy) is 14. The van der Waals surface area contributed by atoms with Crippen LogP contribution in [0.2, 0.25) is 0 Å². The highest BCUT2D eigenvalue weighted by Gasteiger charge is 2.27. The number of fused-ring (bicyclic) bond motifs is 8. The molecule has 0 saturated heterocycles. The monoisotopic (exact) mass is 1580 g/mol. The van der Waals surface area contributed by atoms with Crippen molar-refractivity contribution in [1.82, 2.24) is 0 Å². The molecule has 1 aliphatic carbocycles. The Bertz CT molecular complexity index is 3700. The molecule has 0 N–H and O–H groups in total. The van der Waals surface area contributed by atoms with Gasteiger partial charge in [-0.05, 0) is 158 Å². The number of ketones is 2. The van der Waals surface area contributed by atoms with Gasteiger partial charge < -0.3 is 66.3 Å². The Balaban J connectivity index is 1.80. The molecule has 0 amide bonds. The first kappa shape index (κ1) is 93.7. The van der Waals surface area contributed by atoms with Gasteiger partial charge in [-0.1, -0.05) is 128 Å². The fourth-order valence-electron chi connectivity index (χ4n) is 11.8. The lowest BCUT2D eigenvalue weighted by Crippen LogP contribution is -2.17. The van der Waals surface area contributed by atoms with Gasteiger partial charge in [0.25, 0.3) is 0 Å². The number of Topliss-reactive ketones (excluding diaryl/α,β-unsaturated/α-hetero) is 2. The van der Waals surface area contributed by atoms with Crippen molar-refractivity contribution in [3.8, 4) is 23.0 Å². The van der Waals surface area contributed by atoms with Crippen molar-refractivity contribution in [3.63, 3.8) is 0 Å². The fourth-order valence-corrected chi connectivity index (χ4v) is 11.8. The number of carbonyl (C=O) groups is 12. The standard InChI is InChI=1S/C88H112O26/c1-13-17-29-103-81-67-39-63(25-21-33-107-85(97)57(5)53-111-77(93)37-61(9)89)41-69(81)48-71-43-65(27-23-35-109-87(99)59(7)55-113-79(95)51-75(91)101-11)45-73(83(71)105-31-19-15-3)50-74-46-66(28-24-36-110-88(100)60(8)56-114-80(96)52-76(92)102-12)44-72(84(74)106-32-20-16-4)49-70-42-64(40-68(47-67)82(70)104-30-18-14-2)26-22-34-108-86(98)58(6)54-112-78(94)38-62(10)90/h39-46H,5-8,13-38,47-56H2,1-4,9-12H3. The number of hydrogen-bond acceptors (Lipinski definition) is 26. The minimum atomic E-state index is -0.902. The van der Waals surface area contributed by atoms with Crippen LogP contribution in [0.3, 0.4) is 0 Å². The minimum Gasteiger partial charge on any atom is -0.493 e. The molecule has 0 aliphatic heterocycles. The lowest BCUT2D eigenvalue weighted by Gasteiger charge is -2.25. The summed E-state index contributed by atoms with van der Waals surface area (Å²) in [5.41, 5.74) is 9.46. The molecule has 0 unspecified atom stereocenters. The highest BCUT2D eigenvalue weighted by molar-refractivity contribution is 5.96. The predicted molar refractivity (Wildman–Crippen MR) is 420 cm³/mol. The third-order valence-corrected chi connectivity index (χ3v) is 17.7. The van der Waals surface area contributed by atoms with E-state index in [0.29, 0.717) is 126 Å². The molecule has 26 heteroatoms. The van der Waals surface area contributed by atoms with Gasteiger partial charge in [0.15, 0.2) is 0 Å². The maximum absolute atomic E-state index is 13.3. The predicted octanol–water partition coefficient (Wildman–Crippen LogP) is 12.5. The van der Waals surface area contributed by atoms with Crippen LogP contribution in [-0.4, -0.2) is 165 Å². The zero-order chi connectivity index (χ0) is 83.5. The molecule has 620 valence electrons. The van der Waals surface area contributed by atoms with Crippen LogP contribution in [0.15, 0.2) is 97.1 Å². The third-order valence-electron chi connectivity index (χ3n) is 17.7. The van der Waals surface area contributed by atoms with Crippen molar-refractivity contribution in [2.24, 2.45) is 0 Å². The number of rotatable bonds is 52. The van der Waals surface area contributed by atoms with E-state index < -0.39 is 123 Å². The van der Waals surface area contributed by atoms with Crippen LogP contribution in [0, 0.1) is 0 Å². The Morgan fingerprint density at radius 3 is 0.667 bits per heavy atom. The van der Waals surface area contributed by atoms with Crippen LogP contribution in [0.25, 0.3) is 0 Å². The summed E-state index contributed by atoms with van der Waals surface area (Å²) in [6.45, 7) is 25.2. The van der Waals surface area contributed by atoms with Gasteiger partial charge in [0.2, 0.25) is 0 Å². The molecule has 1 aliphatic rings. The van der Waals surface area contributed by atoms with Gasteiger partial charge in [-0.25, -0.2) is 19.2 Å². The molecule has 0 heterocycles. The minimum absolute atomic E-state index is 0.0381. The summed E-state index contributed by atoms with van der Waals surface area (Å²) >= 11 is 0. The normalized spacial score (nSPS) is 11.3. The van der Waals surface area contributed by atoms with Crippen LogP contribution in [0.1, 0.15) is 211 Å². The first-order valence-corrected chi connectivity index (χ1v) is 38.9. The highest BCUT2D eigenvalue weighted by Crippen LogP contribution is 2.42. The molecule has 5 rings (SSSR count). The number of benzene rings is 4. The maximum Gasteiger partial charge on any atom is 0.336 e. The number of esters is 10.